The first kappa shape index (κ1) is 22.4. The number of carbonyl (C=O) groups is 1. The Labute approximate surface area is 173 Å². The Morgan fingerprint density at radius 2 is 1.76 bits per heavy atom. The Hall–Kier alpha value is -1.32. The number of amides is 1. The molecule has 162 valence electrons. The lowest BCUT2D eigenvalue weighted by atomic mass is 9.94. The van der Waals surface area contributed by atoms with Crippen LogP contribution in [0.2, 0.25) is 5.02 Å². The van der Waals surface area contributed by atoms with Gasteiger partial charge in [0.25, 0.3) is 0 Å². The van der Waals surface area contributed by atoms with E-state index in [1.807, 2.05) is 11.8 Å². The van der Waals surface area contributed by atoms with E-state index >= 15 is 0 Å². The molecule has 1 unspecified atom stereocenters. The third-order valence-electron chi connectivity index (χ3n) is 5.77. The number of alkyl halides is 3. The molecule has 0 aliphatic carbocycles. The largest absolute Gasteiger partial charge is 0.417 e. The maximum Gasteiger partial charge on any atom is 0.417 e. The summed E-state index contributed by atoms with van der Waals surface area (Å²) < 4.78 is 66.0. The van der Waals surface area contributed by atoms with Crippen LogP contribution in [-0.2, 0) is 21.0 Å². The Morgan fingerprint density at radius 1 is 1.10 bits per heavy atom. The predicted octanol–water partition coefficient (Wildman–Crippen LogP) is 4.16. The molecule has 2 heterocycles. The van der Waals surface area contributed by atoms with Crippen molar-refractivity contribution in [1.29, 1.82) is 0 Å². The summed E-state index contributed by atoms with van der Waals surface area (Å²) in [6.07, 6.45) is -0.976. The van der Waals surface area contributed by atoms with Crippen LogP contribution in [0.5, 0.6) is 0 Å². The average Bonchev–Trinajstić information content (AvgIpc) is 2.67. The van der Waals surface area contributed by atoms with Gasteiger partial charge in [0, 0.05) is 31.6 Å². The van der Waals surface area contributed by atoms with Crippen LogP contribution in [0.3, 0.4) is 0 Å². The van der Waals surface area contributed by atoms with E-state index in [0.717, 1.165) is 42.2 Å². The molecule has 0 radical (unpaired) electrons. The van der Waals surface area contributed by atoms with Gasteiger partial charge in [-0.3, -0.25) is 4.79 Å². The van der Waals surface area contributed by atoms with E-state index < -0.39 is 31.7 Å². The zero-order chi connectivity index (χ0) is 21.4. The minimum Gasteiger partial charge on any atom is -0.340 e. The molecule has 10 heteroatoms. The molecule has 1 aromatic carbocycles. The van der Waals surface area contributed by atoms with Crippen molar-refractivity contribution in [1.82, 2.24) is 9.21 Å². The average molecular weight is 453 g/mol. The van der Waals surface area contributed by atoms with Crippen molar-refractivity contribution in [2.75, 3.05) is 19.6 Å². The molecule has 0 N–H and O–H groups in total. The number of nitrogens with zero attached hydrogens (tertiary/aromatic N) is 2. The molecule has 1 atom stereocenters. The molecule has 2 fully saturated rings. The number of carbonyl (C=O) groups excluding carboxylic acids is 1. The van der Waals surface area contributed by atoms with Gasteiger partial charge in [-0.2, -0.15) is 17.5 Å². The zero-order valence-corrected chi connectivity index (χ0v) is 17.7. The predicted molar refractivity (Wildman–Crippen MR) is 103 cm³/mol. The Bertz CT molecular complexity index is 868. The van der Waals surface area contributed by atoms with E-state index in [1.165, 1.54) is 0 Å². The first-order chi connectivity index (χ1) is 13.5. The molecular formula is C19H24ClF3N2O3S. The van der Waals surface area contributed by atoms with Crippen molar-refractivity contribution in [3.8, 4) is 0 Å². The molecular weight excluding hydrogens is 429 g/mol. The van der Waals surface area contributed by atoms with E-state index in [0.29, 0.717) is 18.9 Å². The van der Waals surface area contributed by atoms with Crippen LogP contribution in [0, 0.1) is 5.92 Å². The molecule has 0 bridgehead atoms. The molecule has 0 spiro atoms. The maximum atomic E-state index is 13.1. The highest BCUT2D eigenvalue weighted by atomic mass is 35.5. The van der Waals surface area contributed by atoms with Crippen LogP contribution < -0.4 is 0 Å². The highest BCUT2D eigenvalue weighted by Gasteiger charge is 2.38. The molecule has 1 amide bonds. The summed E-state index contributed by atoms with van der Waals surface area (Å²) in [4.78, 5) is 14.2. The molecule has 0 aromatic heterocycles. The Kier molecular flexibility index (Phi) is 6.50. The maximum absolute atomic E-state index is 13.1. The lowest BCUT2D eigenvalue weighted by molar-refractivity contribution is -0.140. The Balaban J connectivity index is 1.71. The van der Waals surface area contributed by atoms with Gasteiger partial charge in [0.2, 0.25) is 15.9 Å². The van der Waals surface area contributed by atoms with Gasteiger partial charge >= 0.3 is 6.18 Å². The van der Waals surface area contributed by atoms with Gasteiger partial charge in [0.1, 0.15) is 0 Å². The van der Waals surface area contributed by atoms with Crippen LogP contribution in [0.15, 0.2) is 23.1 Å². The summed E-state index contributed by atoms with van der Waals surface area (Å²) in [7, 11) is -4.10. The molecule has 29 heavy (non-hydrogen) atoms. The highest BCUT2D eigenvalue weighted by Crippen LogP contribution is 2.37. The van der Waals surface area contributed by atoms with Crippen LogP contribution in [0.25, 0.3) is 0 Å². The summed E-state index contributed by atoms with van der Waals surface area (Å²) in [5, 5.41) is -0.545. The molecule has 1 aromatic rings. The summed E-state index contributed by atoms with van der Waals surface area (Å²) in [5.41, 5.74) is -1.18. The van der Waals surface area contributed by atoms with Crippen molar-refractivity contribution < 1.29 is 26.4 Å². The standard InChI is InChI=1S/C19H24ClF3N2O3S/c1-13-4-2-3-9-25(13)18(26)14-7-10-24(11-8-14)29(27,28)15-5-6-17(20)16(12-15)19(21,22)23/h5-6,12-14H,2-4,7-11H2,1H3. The quantitative estimate of drug-likeness (QED) is 0.692. The van der Waals surface area contributed by atoms with E-state index in [2.05, 4.69) is 0 Å². The van der Waals surface area contributed by atoms with E-state index in [-0.39, 0.29) is 31.0 Å². The zero-order valence-electron chi connectivity index (χ0n) is 16.1. The minimum absolute atomic E-state index is 0.0556. The summed E-state index contributed by atoms with van der Waals surface area (Å²) >= 11 is 5.59. The lowest BCUT2D eigenvalue weighted by Crippen LogP contribution is -2.48. The minimum atomic E-state index is -4.74. The first-order valence-corrected chi connectivity index (χ1v) is 11.5. The van der Waals surface area contributed by atoms with Crippen molar-refractivity contribution in [3.63, 3.8) is 0 Å². The number of hydrogen-bond donors (Lipinski definition) is 0. The SMILES string of the molecule is CC1CCCCN1C(=O)C1CCN(S(=O)(=O)c2ccc(Cl)c(C(F)(F)F)c2)CC1. The fraction of sp³-hybridized carbons (Fsp3) is 0.632. The third kappa shape index (κ3) is 4.72. The summed E-state index contributed by atoms with van der Waals surface area (Å²) in [6.45, 7) is 2.95. The van der Waals surface area contributed by atoms with Crippen LogP contribution >= 0.6 is 11.6 Å². The van der Waals surface area contributed by atoms with E-state index in [9.17, 15) is 26.4 Å². The monoisotopic (exact) mass is 452 g/mol. The van der Waals surface area contributed by atoms with E-state index in [4.69, 9.17) is 11.6 Å². The van der Waals surface area contributed by atoms with Crippen LogP contribution in [-0.4, -0.2) is 49.2 Å². The fourth-order valence-corrected chi connectivity index (χ4v) is 5.76. The van der Waals surface area contributed by atoms with Crippen molar-refractivity contribution in [2.24, 2.45) is 5.92 Å². The number of piperidine rings is 2. The number of benzene rings is 1. The van der Waals surface area contributed by atoms with Crippen LogP contribution in [0.1, 0.15) is 44.6 Å². The first-order valence-electron chi connectivity index (χ1n) is 9.69. The molecule has 2 aliphatic rings. The van der Waals surface area contributed by atoms with E-state index in [1.54, 1.807) is 0 Å². The topological polar surface area (TPSA) is 57.7 Å². The van der Waals surface area contributed by atoms with Crippen molar-refractivity contribution in [2.45, 2.75) is 56.1 Å². The van der Waals surface area contributed by atoms with Gasteiger partial charge in [-0.05, 0) is 57.2 Å². The number of sulfonamides is 1. The van der Waals surface area contributed by atoms with Gasteiger partial charge in [-0.25, -0.2) is 8.42 Å². The van der Waals surface area contributed by atoms with Gasteiger partial charge in [-0.1, -0.05) is 11.6 Å². The number of hydrogen-bond acceptors (Lipinski definition) is 3. The second-order valence-corrected chi connectivity index (χ2v) is 10.0. The fourth-order valence-electron chi connectivity index (χ4n) is 4.03. The second-order valence-electron chi connectivity index (χ2n) is 7.69. The number of halogens is 4. The van der Waals surface area contributed by atoms with Crippen LogP contribution in [0.4, 0.5) is 13.2 Å². The second kappa shape index (κ2) is 8.43. The number of rotatable bonds is 3. The number of likely N-dealkylation sites (tertiary alicyclic amines) is 1. The third-order valence-corrected chi connectivity index (χ3v) is 7.99. The molecule has 2 saturated heterocycles. The molecule has 2 aliphatic heterocycles. The van der Waals surface area contributed by atoms with Gasteiger partial charge in [0.15, 0.2) is 0 Å². The lowest BCUT2D eigenvalue weighted by Gasteiger charge is -2.38. The molecule has 3 rings (SSSR count). The van der Waals surface area contributed by atoms with Gasteiger partial charge in [0.05, 0.1) is 15.5 Å². The molecule has 0 saturated carbocycles. The highest BCUT2D eigenvalue weighted by molar-refractivity contribution is 7.89. The van der Waals surface area contributed by atoms with Crippen molar-refractivity contribution >= 4 is 27.5 Å². The Morgan fingerprint density at radius 3 is 2.34 bits per heavy atom. The van der Waals surface area contributed by atoms with Gasteiger partial charge < -0.3 is 4.90 Å². The summed E-state index contributed by atoms with van der Waals surface area (Å²) in [6, 6.07) is 2.79. The molecule has 5 nitrogen and oxygen atoms in total. The van der Waals surface area contributed by atoms with Gasteiger partial charge in [-0.15, -0.1) is 0 Å². The normalized spacial score (nSPS) is 22.7. The summed E-state index contributed by atoms with van der Waals surface area (Å²) in [5.74, 6) is -0.196. The smallest absolute Gasteiger partial charge is 0.340 e. The van der Waals surface area contributed by atoms with Crippen molar-refractivity contribution in [3.05, 3.63) is 28.8 Å².